The van der Waals surface area contributed by atoms with E-state index in [0.717, 1.165) is 24.2 Å². The van der Waals surface area contributed by atoms with Gasteiger partial charge in [0.05, 0.1) is 11.4 Å². The van der Waals surface area contributed by atoms with Crippen LogP contribution < -0.4 is 9.62 Å². The third kappa shape index (κ3) is 3.28. The zero-order chi connectivity index (χ0) is 17.3. The number of sulfonamides is 1. The molecular weight excluding hydrogens is 350 g/mol. The van der Waals surface area contributed by atoms with Gasteiger partial charge in [-0.05, 0) is 24.1 Å². The second kappa shape index (κ2) is 6.50. The summed E-state index contributed by atoms with van der Waals surface area (Å²) in [5.41, 5.74) is 1.99. The summed E-state index contributed by atoms with van der Waals surface area (Å²) in [4.78, 5) is 17.3. The Hall–Kier alpha value is -1.97. The molecule has 7 nitrogen and oxygen atoms in total. The van der Waals surface area contributed by atoms with Crippen molar-refractivity contribution in [3.8, 4) is 0 Å². The highest BCUT2D eigenvalue weighted by Gasteiger charge is 2.23. The summed E-state index contributed by atoms with van der Waals surface area (Å²) in [6.45, 7) is 3.29. The Morgan fingerprint density at radius 2 is 2.25 bits per heavy atom. The van der Waals surface area contributed by atoms with Crippen molar-refractivity contribution in [2.24, 2.45) is 0 Å². The van der Waals surface area contributed by atoms with Gasteiger partial charge in [0.15, 0.2) is 5.69 Å². The molecule has 0 fully saturated rings. The van der Waals surface area contributed by atoms with Crippen LogP contribution in [0.3, 0.4) is 0 Å². The first kappa shape index (κ1) is 16.9. The largest absolute Gasteiger partial charge is 0.476 e. The quantitative estimate of drug-likeness (QED) is 0.806. The van der Waals surface area contributed by atoms with E-state index in [1.165, 1.54) is 16.7 Å². The summed E-state index contributed by atoms with van der Waals surface area (Å²) in [7, 11) is -3.50. The molecule has 1 aliphatic rings. The number of hydrogen-bond donors (Lipinski definition) is 2. The van der Waals surface area contributed by atoms with Crippen molar-refractivity contribution in [1.82, 2.24) is 9.71 Å². The maximum absolute atomic E-state index is 12.2. The molecule has 1 aromatic carbocycles. The van der Waals surface area contributed by atoms with E-state index in [4.69, 9.17) is 5.11 Å². The maximum Gasteiger partial charge on any atom is 0.355 e. The van der Waals surface area contributed by atoms with Gasteiger partial charge in [-0.25, -0.2) is 22.9 Å². The van der Waals surface area contributed by atoms with E-state index in [9.17, 15) is 13.2 Å². The number of carbonyl (C=O) groups is 1. The number of nitrogens with zero attached hydrogens (tertiary/aromatic N) is 2. The van der Waals surface area contributed by atoms with E-state index in [1.807, 2.05) is 11.0 Å². The lowest BCUT2D eigenvalue weighted by atomic mass is 10.2. The second-order valence-corrected chi connectivity index (χ2v) is 8.10. The fourth-order valence-corrected chi connectivity index (χ4v) is 4.52. The number of rotatable bonds is 6. The van der Waals surface area contributed by atoms with Crippen molar-refractivity contribution in [3.63, 3.8) is 0 Å². The van der Waals surface area contributed by atoms with Crippen molar-refractivity contribution in [2.45, 2.75) is 24.8 Å². The van der Waals surface area contributed by atoms with Crippen LogP contribution >= 0.6 is 11.3 Å². The maximum atomic E-state index is 12.2. The van der Waals surface area contributed by atoms with E-state index in [1.54, 1.807) is 19.1 Å². The lowest BCUT2D eigenvalue weighted by Gasteiger charge is -2.18. The predicted molar refractivity (Wildman–Crippen MR) is 91.1 cm³/mol. The SMILES string of the molecule is CCNS(=O)(=O)c1ccc2c(c1)N(Cc1nc(C(=O)O)cs1)CC2. The molecule has 2 aromatic rings. The van der Waals surface area contributed by atoms with Crippen LogP contribution in [-0.4, -0.2) is 37.6 Å². The summed E-state index contributed by atoms with van der Waals surface area (Å²) >= 11 is 1.29. The highest BCUT2D eigenvalue weighted by molar-refractivity contribution is 7.89. The molecular formula is C15H17N3O4S2. The second-order valence-electron chi connectivity index (χ2n) is 5.40. The van der Waals surface area contributed by atoms with Gasteiger partial charge in [0.1, 0.15) is 5.01 Å². The summed E-state index contributed by atoms with van der Waals surface area (Å²) in [5, 5.41) is 11.2. The van der Waals surface area contributed by atoms with Crippen LogP contribution in [0, 0.1) is 0 Å². The van der Waals surface area contributed by atoms with Crippen LogP contribution in [-0.2, 0) is 23.0 Å². The zero-order valence-electron chi connectivity index (χ0n) is 13.0. The Kier molecular flexibility index (Phi) is 4.57. The highest BCUT2D eigenvalue weighted by Crippen LogP contribution is 2.32. The van der Waals surface area contributed by atoms with Crippen LogP contribution in [0.1, 0.15) is 28.0 Å². The number of anilines is 1. The minimum Gasteiger partial charge on any atom is -0.476 e. The fraction of sp³-hybridized carbons (Fsp3) is 0.333. The molecule has 0 amide bonds. The molecule has 0 bridgehead atoms. The number of fused-ring (bicyclic) bond motifs is 1. The zero-order valence-corrected chi connectivity index (χ0v) is 14.7. The minimum atomic E-state index is -3.50. The average molecular weight is 367 g/mol. The molecule has 0 saturated carbocycles. The van der Waals surface area contributed by atoms with Gasteiger partial charge in [-0.3, -0.25) is 0 Å². The number of carboxylic acid groups (broad SMARTS) is 1. The minimum absolute atomic E-state index is 0.0397. The molecule has 3 rings (SSSR count). The van der Waals surface area contributed by atoms with Crippen LogP contribution in [0.4, 0.5) is 5.69 Å². The molecule has 0 saturated heterocycles. The lowest BCUT2D eigenvalue weighted by Crippen LogP contribution is -2.24. The van der Waals surface area contributed by atoms with Crippen molar-refractivity contribution < 1.29 is 18.3 Å². The number of hydrogen-bond acceptors (Lipinski definition) is 6. The molecule has 0 aliphatic carbocycles. The average Bonchev–Trinajstić information content (AvgIpc) is 3.15. The number of nitrogens with one attached hydrogen (secondary N) is 1. The normalized spacial score (nSPS) is 14.0. The van der Waals surface area contributed by atoms with Crippen molar-refractivity contribution in [3.05, 3.63) is 39.8 Å². The molecule has 1 aliphatic heterocycles. The van der Waals surface area contributed by atoms with Gasteiger partial charge in [-0.15, -0.1) is 11.3 Å². The molecule has 24 heavy (non-hydrogen) atoms. The monoisotopic (exact) mass is 367 g/mol. The number of aromatic nitrogens is 1. The first-order chi connectivity index (χ1) is 11.4. The van der Waals surface area contributed by atoms with Crippen molar-refractivity contribution >= 4 is 33.0 Å². The Morgan fingerprint density at radius 3 is 2.92 bits per heavy atom. The summed E-state index contributed by atoms with van der Waals surface area (Å²) < 4.78 is 26.8. The van der Waals surface area contributed by atoms with Gasteiger partial charge < -0.3 is 10.0 Å². The van der Waals surface area contributed by atoms with Crippen LogP contribution in [0.15, 0.2) is 28.5 Å². The Morgan fingerprint density at radius 1 is 1.46 bits per heavy atom. The Balaban J connectivity index is 1.86. The van der Waals surface area contributed by atoms with E-state index >= 15 is 0 Å². The molecule has 0 spiro atoms. The van der Waals surface area contributed by atoms with Gasteiger partial charge in [0, 0.05) is 24.2 Å². The van der Waals surface area contributed by atoms with E-state index < -0.39 is 16.0 Å². The number of carboxylic acids is 1. The highest BCUT2D eigenvalue weighted by atomic mass is 32.2. The molecule has 0 radical (unpaired) electrons. The van der Waals surface area contributed by atoms with Gasteiger partial charge in [0.2, 0.25) is 10.0 Å². The molecule has 0 unspecified atom stereocenters. The fourth-order valence-electron chi connectivity index (χ4n) is 2.68. The van der Waals surface area contributed by atoms with Crippen LogP contribution in [0.5, 0.6) is 0 Å². The Labute approximate surface area is 144 Å². The Bertz CT molecular complexity index is 877. The number of benzene rings is 1. The molecule has 0 atom stereocenters. The van der Waals surface area contributed by atoms with E-state index in [-0.39, 0.29) is 10.6 Å². The molecule has 1 aromatic heterocycles. The van der Waals surface area contributed by atoms with Gasteiger partial charge >= 0.3 is 5.97 Å². The first-order valence-electron chi connectivity index (χ1n) is 7.46. The van der Waals surface area contributed by atoms with Crippen molar-refractivity contribution in [1.29, 1.82) is 0 Å². The van der Waals surface area contributed by atoms with Gasteiger partial charge in [-0.2, -0.15) is 0 Å². The third-order valence-electron chi connectivity index (χ3n) is 3.79. The van der Waals surface area contributed by atoms with Crippen molar-refractivity contribution in [2.75, 3.05) is 18.0 Å². The van der Waals surface area contributed by atoms with Gasteiger partial charge in [-0.1, -0.05) is 13.0 Å². The summed E-state index contributed by atoms with van der Waals surface area (Å²) in [5.74, 6) is -1.04. The lowest BCUT2D eigenvalue weighted by molar-refractivity contribution is 0.0691. The first-order valence-corrected chi connectivity index (χ1v) is 9.82. The van der Waals surface area contributed by atoms with Crippen LogP contribution in [0.2, 0.25) is 0 Å². The standard InChI is InChI=1S/C15H17N3O4S2/c1-2-16-24(21,22)11-4-3-10-5-6-18(13(10)7-11)8-14-17-12(9-23-14)15(19)20/h3-4,7,9,16H,2,5-6,8H2,1H3,(H,19,20). The summed E-state index contributed by atoms with van der Waals surface area (Å²) in [6, 6.07) is 5.13. The molecule has 9 heteroatoms. The smallest absolute Gasteiger partial charge is 0.355 e. The van der Waals surface area contributed by atoms with E-state index in [2.05, 4.69) is 9.71 Å². The van der Waals surface area contributed by atoms with E-state index in [0.29, 0.717) is 18.1 Å². The number of aromatic carboxylic acids is 1. The van der Waals surface area contributed by atoms with Gasteiger partial charge in [0.25, 0.3) is 0 Å². The number of thiazole rings is 1. The topological polar surface area (TPSA) is 99.6 Å². The molecule has 128 valence electrons. The summed E-state index contributed by atoms with van der Waals surface area (Å²) in [6.07, 6.45) is 0.827. The van der Waals surface area contributed by atoms with Crippen LogP contribution in [0.25, 0.3) is 0 Å². The molecule has 2 N–H and O–H groups in total. The molecule has 2 heterocycles. The predicted octanol–water partition coefficient (Wildman–Crippen LogP) is 1.70. The third-order valence-corrected chi connectivity index (χ3v) is 6.17.